The number of carbonyl (C=O) groups excluding carboxylic acids is 1. The molecule has 2 heteroatoms. The Morgan fingerprint density at radius 3 is 2.88 bits per heavy atom. The molecular weight excluding hydrogens is 220 g/mol. The molecule has 1 atom stereocenters. The van der Waals surface area contributed by atoms with Crippen LogP contribution in [-0.2, 0) is 16.6 Å². The van der Waals surface area contributed by atoms with Gasteiger partial charge in [0.15, 0.2) is 0 Å². The number of Topliss-reactive ketones (excluding diaryl/α,β-unsaturated/α-hetero) is 1. The van der Waals surface area contributed by atoms with Crippen molar-refractivity contribution in [1.82, 2.24) is 0 Å². The molecule has 1 unspecified atom stereocenters. The Morgan fingerprint density at radius 1 is 1.19 bits per heavy atom. The minimum absolute atomic E-state index is 0.134. The number of fused-ring (bicyclic) bond motifs is 2. The molecule has 0 aromatic heterocycles. The summed E-state index contributed by atoms with van der Waals surface area (Å²) in [7, 11) is 0. The summed E-state index contributed by atoms with van der Waals surface area (Å²) in [5.41, 5.74) is 2.78. The first kappa shape index (κ1) is 10.3. The Hall–Kier alpha value is -0.820. The van der Waals surface area contributed by atoms with Gasteiger partial charge < -0.3 is 0 Å². The Bertz CT molecular complexity index is 452. The van der Waals surface area contributed by atoms with Crippen molar-refractivity contribution in [1.29, 1.82) is 0 Å². The molecule has 0 N–H and O–H groups in total. The van der Waals surface area contributed by atoms with Crippen molar-refractivity contribution in [3.05, 3.63) is 34.3 Å². The molecule has 0 amide bonds. The molecule has 3 rings (SSSR count). The van der Waals surface area contributed by atoms with E-state index in [1.165, 1.54) is 11.1 Å². The molecular formula is C14H15ClO. The monoisotopic (exact) mass is 234 g/mol. The van der Waals surface area contributed by atoms with Gasteiger partial charge in [0.05, 0.1) is 0 Å². The lowest BCUT2D eigenvalue weighted by molar-refractivity contribution is -0.122. The molecule has 2 aliphatic carbocycles. The van der Waals surface area contributed by atoms with Gasteiger partial charge >= 0.3 is 0 Å². The van der Waals surface area contributed by atoms with E-state index in [0.29, 0.717) is 5.78 Å². The lowest BCUT2D eigenvalue weighted by atomic mass is 9.70. The predicted molar refractivity (Wildman–Crippen MR) is 64.9 cm³/mol. The van der Waals surface area contributed by atoms with E-state index in [1.807, 2.05) is 12.1 Å². The van der Waals surface area contributed by atoms with Crippen LogP contribution in [0.3, 0.4) is 0 Å². The highest BCUT2D eigenvalue weighted by atomic mass is 35.5. The number of ketones is 1. The zero-order valence-electron chi connectivity index (χ0n) is 9.26. The van der Waals surface area contributed by atoms with Gasteiger partial charge in [-0.25, -0.2) is 0 Å². The molecule has 16 heavy (non-hydrogen) atoms. The number of halogens is 1. The third-order valence-electron chi connectivity index (χ3n) is 4.19. The molecule has 2 aliphatic rings. The summed E-state index contributed by atoms with van der Waals surface area (Å²) >= 11 is 6.22. The van der Waals surface area contributed by atoms with E-state index in [0.717, 1.165) is 43.5 Å². The number of hydrogen-bond acceptors (Lipinski definition) is 1. The van der Waals surface area contributed by atoms with Crippen molar-refractivity contribution in [3.8, 4) is 0 Å². The van der Waals surface area contributed by atoms with Crippen LogP contribution in [0.2, 0.25) is 5.02 Å². The second-order valence-electron chi connectivity index (χ2n) is 5.12. The molecule has 0 heterocycles. The average molecular weight is 235 g/mol. The summed E-state index contributed by atoms with van der Waals surface area (Å²) in [5, 5.41) is 0.882. The maximum atomic E-state index is 11.7. The average Bonchev–Trinajstić information content (AvgIpc) is 2.59. The fourth-order valence-electron chi connectivity index (χ4n) is 3.43. The molecule has 1 aromatic rings. The van der Waals surface area contributed by atoms with E-state index in [-0.39, 0.29) is 5.41 Å². The second kappa shape index (κ2) is 3.59. The fraction of sp³-hybridized carbons (Fsp3) is 0.500. The zero-order chi connectivity index (χ0) is 11.2. The van der Waals surface area contributed by atoms with Crippen molar-refractivity contribution in [2.75, 3.05) is 0 Å². The van der Waals surface area contributed by atoms with E-state index in [9.17, 15) is 4.79 Å². The van der Waals surface area contributed by atoms with Crippen molar-refractivity contribution in [3.63, 3.8) is 0 Å². The standard InChI is InChI=1S/C14H15ClO/c15-13-5-1-4-12-11(13)6-8-14(12)7-2-3-10(16)9-14/h1,4-5H,2-3,6-9H2. The molecule has 0 saturated heterocycles. The summed E-state index contributed by atoms with van der Waals surface area (Å²) in [6, 6.07) is 6.16. The molecule has 1 aromatic carbocycles. The van der Waals surface area contributed by atoms with E-state index < -0.39 is 0 Å². The Balaban J connectivity index is 2.07. The molecule has 84 valence electrons. The van der Waals surface area contributed by atoms with E-state index in [4.69, 9.17) is 11.6 Å². The lowest BCUT2D eigenvalue weighted by Gasteiger charge is -2.33. The topological polar surface area (TPSA) is 17.1 Å². The van der Waals surface area contributed by atoms with Crippen LogP contribution >= 0.6 is 11.6 Å². The minimum Gasteiger partial charge on any atom is -0.300 e. The van der Waals surface area contributed by atoms with E-state index in [2.05, 4.69) is 6.07 Å². The van der Waals surface area contributed by atoms with Crippen LogP contribution in [-0.4, -0.2) is 5.78 Å². The van der Waals surface area contributed by atoms with Crippen LogP contribution in [0.4, 0.5) is 0 Å². The first-order chi connectivity index (χ1) is 7.71. The fourth-order valence-corrected chi connectivity index (χ4v) is 3.70. The highest BCUT2D eigenvalue weighted by Crippen LogP contribution is 2.49. The van der Waals surface area contributed by atoms with Gasteiger partial charge in [-0.15, -0.1) is 0 Å². The van der Waals surface area contributed by atoms with Gasteiger partial charge in [0, 0.05) is 23.3 Å². The molecule has 1 fully saturated rings. The normalized spacial score (nSPS) is 28.4. The number of benzene rings is 1. The van der Waals surface area contributed by atoms with Crippen molar-refractivity contribution in [2.45, 2.75) is 43.9 Å². The van der Waals surface area contributed by atoms with Crippen molar-refractivity contribution < 1.29 is 4.79 Å². The highest BCUT2D eigenvalue weighted by Gasteiger charge is 2.42. The SMILES string of the molecule is O=C1CCCC2(CCc3c(Cl)cccc32)C1. The molecule has 1 nitrogen and oxygen atoms in total. The van der Waals surface area contributed by atoms with Crippen molar-refractivity contribution >= 4 is 17.4 Å². The highest BCUT2D eigenvalue weighted by molar-refractivity contribution is 6.31. The first-order valence-corrected chi connectivity index (χ1v) is 6.39. The second-order valence-corrected chi connectivity index (χ2v) is 5.52. The van der Waals surface area contributed by atoms with Crippen molar-refractivity contribution in [2.24, 2.45) is 0 Å². The predicted octanol–water partition coefficient (Wildman–Crippen LogP) is 3.67. The minimum atomic E-state index is 0.134. The largest absolute Gasteiger partial charge is 0.300 e. The molecule has 0 radical (unpaired) electrons. The summed E-state index contributed by atoms with van der Waals surface area (Å²) in [6.07, 6.45) is 5.87. The van der Waals surface area contributed by atoms with Crippen LogP contribution in [0.1, 0.15) is 43.2 Å². The van der Waals surface area contributed by atoms with Gasteiger partial charge in [0.25, 0.3) is 0 Å². The summed E-state index contributed by atoms with van der Waals surface area (Å²) in [4.78, 5) is 11.7. The molecule has 0 aliphatic heterocycles. The zero-order valence-corrected chi connectivity index (χ0v) is 10.0. The van der Waals surface area contributed by atoms with Gasteiger partial charge in [-0.2, -0.15) is 0 Å². The molecule has 1 saturated carbocycles. The van der Waals surface area contributed by atoms with Crippen LogP contribution in [0.15, 0.2) is 18.2 Å². The Kier molecular flexibility index (Phi) is 2.32. The quantitative estimate of drug-likeness (QED) is 0.670. The smallest absolute Gasteiger partial charge is 0.133 e. The van der Waals surface area contributed by atoms with Gasteiger partial charge in [-0.05, 0) is 42.9 Å². The maximum absolute atomic E-state index is 11.7. The first-order valence-electron chi connectivity index (χ1n) is 6.01. The maximum Gasteiger partial charge on any atom is 0.133 e. The number of hydrogen-bond donors (Lipinski definition) is 0. The summed E-state index contributed by atoms with van der Waals surface area (Å²) in [6.45, 7) is 0. The summed E-state index contributed by atoms with van der Waals surface area (Å²) < 4.78 is 0. The van der Waals surface area contributed by atoms with E-state index in [1.54, 1.807) is 0 Å². The van der Waals surface area contributed by atoms with Crippen LogP contribution in [0, 0.1) is 0 Å². The van der Waals surface area contributed by atoms with Crippen LogP contribution < -0.4 is 0 Å². The Labute approximate surface area is 101 Å². The Morgan fingerprint density at radius 2 is 2.06 bits per heavy atom. The van der Waals surface area contributed by atoms with Gasteiger partial charge in [-0.3, -0.25) is 4.79 Å². The van der Waals surface area contributed by atoms with Gasteiger partial charge in [-0.1, -0.05) is 23.7 Å². The van der Waals surface area contributed by atoms with Crippen LogP contribution in [0.5, 0.6) is 0 Å². The number of carbonyl (C=O) groups is 1. The summed E-state index contributed by atoms with van der Waals surface area (Å²) in [5.74, 6) is 0.430. The molecule has 1 spiro atoms. The van der Waals surface area contributed by atoms with Gasteiger partial charge in [0.1, 0.15) is 5.78 Å². The molecule has 0 bridgehead atoms. The lowest BCUT2D eigenvalue weighted by Crippen LogP contribution is -2.30. The van der Waals surface area contributed by atoms with Crippen LogP contribution in [0.25, 0.3) is 0 Å². The van der Waals surface area contributed by atoms with E-state index >= 15 is 0 Å². The third kappa shape index (κ3) is 1.41. The van der Waals surface area contributed by atoms with Gasteiger partial charge in [0.2, 0.25) is 0 Å². The third-order valence-corrected chi connectivity index (χ3v) is 4.54. The number of rotatable bonds is 0.